The molecule has 0 radical (unpaired) electrons. The van der Waals surface area contributed by atoms with E-state index in [1.54, 1.807) is 0 Å². The maximum atomic E-state index is 12.4. The average molecular weight is 325 g/mol. The topological polar surface area (TPSA) is 49.3 Å². The Bertz CT molecular complexity index is 821. The number of amides is 1. The molecule has 2 N–H and O–H groups in total. The lowest BCUT2D eigenvalue weighted by atomic mass is 10.0. The number of hydrogen-bond acceptors (Lipinski definition) is 3. The number of rotatable bonds is 5. The Balaban J connectivity index is 2.01. The Kier molecular flexibility index (Phi) is 4.74. The van der Waals surface area contributed by atoms with E-state index in [0.29, 0.717) is 0 Å². The second-order valence-electron chi connectivity index (χ2n) is 5.55. The number of thiophene rings is 1. The Morgan fingerprint density at radius 1 is 1.13 bits per heavy atom. The first-order chi connectivity index (χ1) is 11.2. The lowest BCUT2D eigenvalue weighted by Crippen LogP contribution is -2.26. The first kappa shape index (κ1) is 15.7. The van der Waals surface area contributed by atoms with Crippen molar-refractivity contribution in [2.75, 3.05) is 13.2 Å². The van der Waals surface area contributed by atoms with Crippen LogP contribution in [-0.2, 0) is 6.42 Å². The Labute approximate surface area is 139 Å². The predicted octanol–water partition coefficient (Wildman–Crippen LogP) is 3.52. The van der Waals surface area contributed by atoms with Gasteiger partial charge in [0.1, 0.15) is 0 Å². The number of aliphatic hydroxyl groups excluding tert-OH is 1. The predicted molar refractivity (Wildman–Crippen MR) is 95.2 cm³/mol. The van der Waals surface area contributed by atoms with Gasteiger partial charge in [-0.25, -0.2) is 0 Å². The molecule has 4 heteroatoms. The SMILES string of the molecule is Cc1ccc(Cc2c(C(=O)NCCO)sc3ccccc23)cc1. The fraction of sp³-hybridized carbons (Fsp3) is 0.211. The van der Waals surface area contributed by atoms with E-state index in [9.17, 15) is 4.79 Å². The second-order valence-corrected chi connectivity index (χ2v) is 6.60. The zero-order valence-electron chi connectivity index (χ0n) is 13.0. The normalized spacial score (nSPS) is 10.9. The van der Waals surface area contributed by atoms with Crippen LogP contribution in [0.4, 0.5) is 0 Å². The number of benzene rings is 2. The van der Waals surface area contributed by atoms with E-state index in [1.807, 2.05) is 18.2 Å². The molecule has 23 heavy (non-hydrogen) atoms. The van der Waals surface area contributed by atoms with E-state index in [4.69, 9.17) is 5.11 Å². The molecule has 0 atom stereocenters. The fourth-order valence-corrected chi connectivity index (χ4v) is 3.76. The zero-order chi connectivity index (χ0) is 16.2. The van der Waals surface area contributed by atoms with Gasteiger partial charge in [0.2, 0.25) is 0 Å². The summed E-state index contributed by atoms with van der Waals surface area (Å²) in [5.41, 5.74) is 3.48. The molecule has 0 saturated heterocycles. The summed E-state index contributed by atoms with van der Waals surface area (Å²) in [5.74, 6) is -0.109. The number of aryl methyl sites for hydroxylation is 1. The molecule has 0 aliphatic carbocycles. The third-order valence-electron chi connectivity index (χ3n) is 3.80. The van der Waals surface area contributed by atoms with Crippen LogP contribution < -0.4 is 5.32 Å². The quantitative estimate of drug-likeness (QED) is 0.754. The van der Waals surface area contributed by atoms with Crippen LogP contribution in [0, 0.1) is 6.92 Å². The summed E-state index contributed by atoms with van der Waals surface area (Å²) in [5, 5.41) is 12.8. The summed E-state index contributed by atoms with van der Waals surface area (Å²) in [7, 11) is 0. The molecule has 0 aliphatic heterocycles. The number of aliphatic hydroxyl groups is 1. The van der Waals surface area contributed by atoms with Crippen LogP contribution in [0.1, 0.15) is 26.4 Å². The van der Waals surface area contributed by atoms with Crippen LogP contribution >= 0.6 is 11.3 Å². The van der Waals surface area contributed by atoms with Crippen molar-refractivity contribution in [3.63, 3.8) is 0 Å². The maximum Gasteiger partial charge on any atom is 0.261 e. The number of nitrogens with one attached hydrogen (secondary N) is 1. The highest BCUT2D eigenvalue weighted by Gasteiger charge is 2.18. The van der Waals surface area contributed by atoms with Gasteiger partial charge in [0, 0.05) is 11.2 Å². The number of hydrogen-bond donors (Lipinski definition) is 2. The molecular weight excluding hydrogens is 306 g/mol. The third kappa shape index (κ3) is 3.44. The Hall–Kier alpha value is -2.17. The summed E-state index contributed by atoms with van der Waals surface area (Å²) >= 11 is 1.51. The van der Waals surface area contributed by atoms with Crippen molar-refractivity contribution >= 4 is 27.3 Å². The van der Waals surface area contributed by atoms with E-state index in [-0.39, 0.29) is 19.1 Å². The van der Waals surface area contributed by atoms with Crippen LogP contribution in [0.25, 0.3) is 10.1 Å². The van der Waals surface area contributed by atoms with Crippen molar-refractivity contribution < 1.29 is 9.90 Å². The maximum absolute atomic E-state index is 12.4. The lowest BCUT2D eigenvalue weighted by Gasteiger charge is -2.06. The second kappa shape index (κ2) is 6.94. The summed E-state index contributed by atoms with van der Waals surface area (Å²) < 4.78 is 1.11. The molecule has 3 aromatic rings. The van der Waals surface area contributed by atoms with E-state index in [1.165, 1.54) is 22.5 Å². The molecule has 3 rings (SSSR count). The highest BCUT2D eigenvalue weighted by atomic mass is 32.1. The molecule has 1 heterocycles. The number of fused-ring (bicyclic) bond motifs is 1. The van der Waals surface area contributed by atoms with Crippen molar-refractivity contribution in [3.05, 3.63) is 70.1 Å². The molecule has 1 amide bonds. The van der Waals surface area contributed by atoms with Gasteiger partial charge in [-0.2, -0.15) is 0 Å². The highest BCUT2D eigenvalue weighted by molar-refractivity contribution is 7.21. The van der Waals surface area contributed by atoms with Crippen molar-refractivity contribution in [1.29, 1.82) is 0 Å². The van der Waals surface area contributed by atoms with Crippen molar-refractivity contribution in [2.45, 2.75) is 13.3 Å². The molecule has 0 saturated carbocycles. The molecule has 0 fully saturated rings. The molecule has 0 unspecified atom stereocenters. The molecule has 1 aromatic heterocycles. The standard InChI is InChI=1S/C19H19NO2S/c1-13-6-8-14(9-7-13)12-16-15-4-2-3-5-17(15)23-18(16)19(22)20-10-11-21/h2-9,21H,10-12H2,1H3,(H,20,22). The minimum Gasteiger partial charge on any atom is -0.395 e. The summed E-state index contributed by atoms with van der Waals surface area (Å²) in [6, 6.07) is 16.5. The number of carbonyl (C=O) groups excluding carboxylic acids is 1. The van der Waals surface area contributed by atoms with Gasteiger partial charge in [-0.1, -0.05) is 48.0 Å². The van der Waals surface area contributed by atoms with E-state index < -0.39 is 0 Å². The first-order valence-electron chi connectivity index (χ1n) is 7.64. The van der Waals surface area contributed by atoms with Gasteiger partial charge in [-0.15, -0.1) is 11.3 Å². The summed E-state index contributed by atoms with van der Waals surface area (Å²) in [4.78, 5) is 13.2. The smallest absolute Gasteiger partial charge is 0.261 e. The molecule has 0 bridgehead atoms. The van der Waals surface area contributed by atoms with Crippen molar-refractivity contribution in [1.82, 2.24) is 5.32 Å². The number of carbonyl (C=O) groups is 1. The molecular formula is C19H19NO2S. The molecule has 3 nitrogen and oxygen atoms in total. The molecule has 0 spiro atoms. The van der Waals surface area contributed by atoms with Gasteiger partial charge >= 0.3 is 0 Å². The monoisotopic (exact) mass is 325 g/mol. The van der Waals surface area contributed by atoms with Gasteiger partial charge in [-0.3, -0.25) is 4.79 Å². The van der Waals surface area contributed by atoms with Crippen LogP contribution in [0.15, 0.2) is 48.5 Å². The zero-order valence-corrected chi connectivity index (χ0v) is 13.8. The first-order valence-corrected chi connectivity index (χ1v) is 8.45. The fourth-order valence-electron chi connectivity index (χ4n) is 2.62. The Morgan fingerprint density at radius 2 is 1.87 bits per heavy atom. The van der Waals surface area contributed by atoms with Gasteiger partial charge in [0.15, 0.2) is 0 Å². The minimum atomic E-state index is -0.109. The average Bonchev–Trinajstić information content (AvgIpc) is 2.93. The summed E-state index contributed by atoms with van der Waals surface area (Å²) in [6.45, 7) is 2.29. The third-order valence-corrected chi connectivity index (χ3v) is 5.02. The van der Waals surface area contributed by atoms with Crippen molar-refractivity contribution in [2.24, 2.45) is 0 Å². The van der Waals surface area contributed by atoms with Gasteiger partial charge < -0.3 is 10.4 Å². The van der Waals surface area contributed by atoms with E-state index in [2.05, 4.69) is 42.6 Å². The van der Waals surface area contributed by atoms with E-state index >= 15 is 0 Å². The summed E-state index contributed by atoms with van der Waals surface area (Å²) in [6.07, 6.45) is 0.728. The van der Waals surface area contributed by atoms with Crippen LogP contribution in [0.2, 0.25) is 0 Å². The van der Waals surface area contributed by atoms with Crippen LogP contribution in [-0.4, -0.2) is 24.2 Å². The molecule has 0 aliphatic rings. The van der Waals surface area contributed by atoms with Crippen LogP contribution in [0.5, 0.6) is 0 Å². The van der Waals surface area contributed by atoms with E-state index in [0.717, 1.165) is 26.9 Å². The lowest BCUT2D eigenvalue weighted by molar-refractivity contribution is 0.0948. The van der Waals surface area contributed by atoms with Crippen molar-refractivity contribution in [3.8, 4) is 0 Å². The van der Waals surface area contributed by atoms with Crippen LogP contribution in [0.3, 0.4) is 0 Å². The molecule has 2 aromatic carbocycles. The van der Waals surface area contributed by atoms with Gasteiger partial charge in [0.05, 0.1) is 11.5 Å². The largest absolute Gasteiger partial charge is 0.395 e. The highest BCUT2D eigenvalue weighted by Crippen LogP contribution is 2.33. The minimum absolute atomic E-state index is 0.0517. The van der Waals surface area contributed by atoms with Gasteiger partial charge in [-0.05, 0) is 35.9 Å². The molecule has 118 valence electrons. The Morgan fingerprint density at radius 3 is 2.61 bits per heavy atom. The van der Waals surface area contributed by atoms with Gasteiger partial charge in [0.25, 0.3) is 5.91 Å².